The Morgan fingerprint density at radius 2 is 1.24 bits per heavy atom. The van der Waals surface area contributed by atoms with Crippen molar-refractivity contribution >= 4 is 45.0 Å². The Hall–Kier alpha value is -1.22. The molecule has 0 spiro atoms. The third-order valence-corrected chi connectivity index (χ3v) is 4.16. The van der Waals surface area contributed by atoms with Crippen LogP contribution < -0.4 is 0 Å². The highest BCUT2D eigenvalue weighted by Gasteiger charge is 2.12. The number of para-hydroxylation sites is 2. The van der Waals surface area contributed by atoms with Gasteiger partial charge < -0.3 is 4.57 Å². The average molecular weight is 321 g/mol. The molecule has 0 atom stereocenters. The minimum Gasteiger partial charge on any atom is -0.327 e. The lowest BCUT2D eigenvalue weighted by Crippen LogP contribution is -2.30. The highest BCUT2D eigenvalue weighted by atomic mass is 35.5. The summed E-state index contributed by atoms with van der Waals surface area (Å²) < 4.78 is 2.35. The Morgan fingerprint density at radius 3 is 1.71 bits per heavy atom. The van der Waals surface area contributed by atoms with Crippen molar-refractivity contribution < 1.29 is 0 Å². The molecule has 0 aliphatic rings. The molecule has 0 amide bonds. The van der Waals surface area contributed by atoms with E-state index < -0.39 is 0 Å². The molecule has 3 rings (SSSR count). The zero-order chi connectivity index (χ0) is 14.7. The van der Waals surface area contributed by atoms with Crippen LogP contribution in [0.2, 0.25) is 0 Å². The largest absolute Gasteiger partial charge is 0.327 e. The molecule has 0 radical (unpaired) electrons. The van der Waals surface area contributed by atoms with Crippen molar-refractivity contribution in [3.8, 4) is 0 Å². The smallest absolute Gasteiger partial charge is 0.0757 e. The second-order valence-electron chi connectivity index (χ2n) is 5.10. The quantitative estimate of drug-likeness (QED) is 0.606. The van der Waals surface area contributed by atoms with E-state index in [0.717, 1.165) is 19.8 Å². The Balaban J connectivity index is 2.10. The van der Waals surface area contributed by atoms with Gasteiger partial charge in [0.25, 0.3) is 0 Å². The molecule has 0 saturated heterocycles. The fourth-order valence-electron chi connectivity index (χ4n) is 2.85. The first-order chi connectivity index (χ1) is 10.3. The Morgan fingerprint density at radius 1 is 0.762 bits per heavy atom. The van der Waals surface area contributed by atoms with Gasteiger partial charge in [0.05, 0.1) is 17.7 Å². The van der Waals surface area contributed by atoms with Gasteiger partial charge in [-0.15, -0.1) is 23.2 Å². The van der Waals surface area contributed by atoms with Crippen molar-refractivity contribution in [1.82, 2.24) is 9.47 Å². The van der Waals surface area contributed by atoms with Gasteiger partial charge >= 0.3 is 0 Å². The van der Waals surface area contributed by atoms with Crippen LogP contribution in [-0.4, -0.2) is 34.3 Å². The van der Waals surface area contributed by atoms with Gasteiger partial charge in [-0.1, -0.05) is 36.4 Å². The average Bonchev–Trinajstić information content (AvgIpc) is 2.83. The molecule has 0 aliphatic heterocycles. The molecule has 4 heteroatoms. The Labute approximate surface area is 134 Å². The molecule has 0 unspecified atom stereocenters. The molecule has 0 fully saturated rings. The first-order valence-electron chi connectivity index (χ1n) is 7.15. The molecule has 0 N–H and O–H groups in total. The van der Waals surface area contributed by atoms with E-state index in [9.17, 15) is 0 Å². The second-order valence-corrected chi connectivity index (χ2v) is 5.86. The van der Waals surface area contributed by atoms with E-state index in [1.165, 1.54) is 21.8 Å². The Bertz CT molecular complexity index is 677. The summed E-state index contributed by atoms with van der Waals surface area (Å²) >= 11 is 11.8. The highest BCUT2D eigenvalue weighted by Crippen LogP contribution is 2.28. The number of halogens is 2. The number of hydrogen-bond donors (Lipinski definition) is 0. The van der Waals surface area contributed by atoms with Crippen molar-refractivity contribution in [2.45, 2.75) is 6.67 Å². The van der Waals surface area contributed by atoms with E-state index in [1.54, 1.807) is 0 Å². The van der Waals surface area contributed by atoms with Gasteiger partial charge in [0.1, 0.15) is 0 Å². The summed E-state index contributed by atoms with van der Waals surface area (Å²) in [5, 5.41) is 2.59. The Kier molecular flexibility index (Phi) is 4.69. The normalized spacial score (nSPS) is 11.8. The van der Waals surface area contributed by atoms with E-state index in [4.69, 9.17) is 23.2 Å². The van der Waals surface area contributed by atoms with Crippen LogP contribution in [0.3, 0.4) is 0 Å². The topological polar surface area (TPSA) is 8.17 Å². The van der Waals surface area contributed by atoms with Crippen LogP contribution in [0.25, 0.3) is 21.8 Å². The molecule has 110 valence electrons. The van der Waals surface area contributed by atoms with Crippen molar-refractivity contribution in [3.63, 3.8) is 0 Å². The number of nitrogens with zero attached hydrogens (tertiary/aromatic N) is 2. The molecule has 21 heavy (non-hydrogen) atoms. The van der Waals surface area contributed by atoms with Gasteiger partial charge in [0.2, 0.25) is 0 Å². The van der Waals surface area contributed by atoms with E-state index in [0.29, 0.717) is 11.8 Å². The highest BCUT2D eigenvalue weighted by molar-refractivity contribution is 6.18. The molecular formula is C17H18Cl2N2. The summed E-state index contributed by atoms with van der Waals surface area (Å²) in [7, 11) is 0. The summed E-state index contributed by atoms with van der Waals surface area (Å²) in [4.78, 5) is 2.29. The molecule has 1 heterocycles. The zero-order valence-electron chi connectivity index (χ0n) is 11.8. The number of rotatable bonds is 6. The third kappa shape index (κ3) is 2.89. The van der Waals surface area contributed by atoms with Crippen molar-refractivity contribution in [2.24, 2.45) is 0 Å². The summed E-state index contributed by atoms with van der Waals surface area (Å²) in [6, 6.07) is 17.1. The van der Waals surface area contributed by atoms with Crippen LogP contribution >= 0.6 is 23.2 Å². The second kappa shape index (κ2) is 6.69. The minimum atomic E-state index is 0.619. The van der Waals surface area contributed by atoms with Gasteiger partial charge in [-0.25, -0.2) is 0 Å². The predicted molar refractivity (Wildman–Crippen MR) is 92.5 cm³/mol. The van der Waals surface area contributed by atoms with Gasteiger partial charge in [-0.2, -0.15) is 0 Å². The predicted octanol–water partition coefficient (Wildman–Crippen LogP) is 4.53. The van der Waals surface area contributed by atoms with Gasteiger partial charge in [-0.3, -0.25) is 4.90 Å². The van der Waals surface area contributed by atoms with Gasteiger partial charge in [0, 0.05) is 35.6 Å². The molecule has 0 bridgehead atoms. The SMILES string of the molecule is ClCCN(CCCl)Cn1c2ccccc2c2ccccc21. The first kappa shape index (κ1) is 14.7. The fraction of sp³-hybridized carbons (Fsp3) is 0.294. The lowest BCUT2D eigenvalue weighted by Gasteiger charge is -2.22. The number of alkyl halides is 2. The van der Waals surface area contributed by atoms with Crippen LogP contribution in [-0.2, 0) is 6.67 Å². The minimum absolute atomic E-state index is 0.619. The van der Waals surface area contributed by atoms with Crippen molar-refractivity contribution in [1.29, 1.82) is 0 Å². The number of benzene rings is 2. The summed E-state index contributed by atoms with van der Waals surface area (Å²) in [5.74, 6) is 1.24. The van der Waals surface area contributed by atoms with Crippen molar-refractivity contribution in [2.75, 3.05) is 24.8 Å². The maximum absolute atomic E-state index is 5.91. The van der Waals surface area contributed by atoms with Crippen LogP contribution in [0, 0.1) is 0 Å². The van der Waals surface area contributed by atoms with Crippen molar-refractivity contribution in [3.05, 3.63) is 48.5 Å². The number of fused-ring (bicyclic) bond motifs is 3. The van der Waals surface area contributed by atoms with Gasteiger partial charge in [-0.05, 0) is 12.1 Å². The van der Waals surface area contributed by atoms with E-state index >= 15 is 0 Å². The molecule has 3 aromatic rings. The lowest BCUT2D eigenvalue weighted by atomic mass is 10.2. The third-order valence-electron chi connectivity index (χ3n) is 3.82. The molecule has 0 aliphatic carbocycles. The van der Waals surface area contributed by atoms with Crippen LogP contribution in [0.15, 0.2) is 48.5 Å². The van der Waals surface area contributed by atoms with Crippen LogP contribution in [0.5, 0.6) is 0 Å². The maximum Gasteiger partial charge on any atom is 0.0757 e. The first-order valence-corrected chi connectivity index (χ1v) is 8.22. The fourth-order valence-corrected chi connectivity index (χ4v) is 3.33. The molecule has 2 nitrogen and oxygen atoms in total. The van der Waals surface area contributed by atoms with E-state index in [-0.39, 0.29) is 0 Å². The summed E-state index contributed by atoms with van der Waals surface area (Å²) in [5.41, 5.74) is 2.51. The number of hydrogen-bond acceptors (Lipinski definition) is 1. The maximum atomic E-state index is 5.91. The lowest BCUT2D eigenvalue weighted by molar-refractivity contribution is 0.253. The molecular weight excluding hydrogens is 303 g/mol. The molecule has 1 aromatic heterocycles. The zero-order valence-corrected chi connectivity index (χ0v) is 13.3. The molecule has 2 aromatic carbocycles. The molecule has 0 saturated carbocycles. The summed E-state index contributed by atoms with van der Waals surface area (Å²) in [6.07, 6.45) is 0. The number of aromatic nitrogens is 1. The monoisotopic (exact) mass is 320 g/mol. The van der Waals surface area contributed by atoms with Crippen LogP contribution in [0.4, 0.5) is 0 Å². The van der Waals surface area contributed by atoms with E-state index in [2.05, 4.69) is 58.0 Å². The van der Waals surface area contributed by atoms with Gasteiger partial charge in [0.15, 0.2) is 0 Å². The standard InChI is InChI=1S/C17H18Cl2N2/c18-9-11-20(12-10-19)13-21-16-7-3-1-5-14(16)15-6-2-4-8-17(15)21/h1-8H,9-13H2. The summed E-state index contributed by atoms with van der Waals surface area (Å²) in [6.45, 7) is 2.50. The van der Waals surface area contributed by atoms with Crippen LogP contribution in [0.1, 0.15) is 0 Å². The van der Waals surface area contributed by atoms with E-state index in [1.807, 2.05) is 0 Å².